The third-order valence-electron chi connectivity index (χ3n) is 3.60. The predicted molar refractivity (Wildman–Crippen MR) is 96.7 cm³/mol. The second kappa shape index (κ2) is 8.80. The standard InChI is InChI=1S/C16H20N4O6S/c1-5-26-15(24)12-13(17-8-20(12)7-9(2)21)18-16-19(3)14(23)10(27-16)6-11(22)25-4/h8,10H,5-7H2,1-4H3/b18-16-. The van der Waals surface area contributed by atoms with Gasteiger partial charge in [0.25, 0.3) is 0 Å². The van der Waals surface area contributed by atoms with Gasteiger partial charge in [0.1, 0.15) is 11.0 Å². The van der Waals surface area contributed by atoms with Crippen molar-refractivity contribution in [2.45, 2.75) is 32.1 Å². The minimum absolute atomic E-state index is 0.0254. The molecule has 27 heavy (non-hydrogen) atoms. The summed E-state index contributed by atoms with van der Waals surface area (Å²) in [6, 6.07) is 0. The van der Waals surface area contributed by atoms with Crippen molar-refractivity contribution in [3.8, 4) is 0 Å². The van der Waals surface area contributed by atoms with E-state index in [0.717, 1.165) is 11.8 Å². The van der Waals surface area contributed by atoms with Crippen molar-refractivity contribution in [1.82, 2.24) is 14.5 Å². The zero-order valence-electron chi connectivity index (χ0n) is 15.4. The first-order chi connectivity index (χ1) is 12.8. The van der Waals surface area contributed by atoms with Gasteiger partial charge in [-0.3, -0.25) is 19.3 Å². The molecule has 0 saturated carbocycles. The van der Waals surface area contributed by atoms with Crippen molar-refractivity contribution in [3.63, 3.8) is 0 Å². The summed E-state index contributed by atoms with van der Waals surface area (Å²) in [5.41, 5.74) is 0.0254. The third kappa shape index (κ3) is 4.73. The highest BCUT2D eigenvalue weighted by Gasteiger charge is 2.37. The van der Waals surface area contributed by atoms with Crippen molar-refractivity contribution >= 4 is 46.4 Å². The number of carbonyl (C=O) groups is 4. The molecule has 146 valence electrons. The summed E-state index contributed by atoms with van der Waals surface area (Å²) in [6.45, 7) is 3.14. The molecule has 1 aliphatic heterocycles. The highest BCUT2D eigenvalue weighted by atomic mass is 32.2. The van der Waals surface area contributed by atoms with Crippen LogP contribution in [0.4, 0.5) is 5.82 Å². The van der Waals surface area contributed by atoms with Crippen LogP contribution in [0.3, 0.4) is 0 Å². The molecule has 1 amide bonds. The van der Waals surface area contributed by atoms with E-state index in [1.165, 1.54) is 36.9 Å². The maximum atomic E-state index is 12.3. The third-order valence-corrected chi connectivity index (χ3v) is 4.83. The zero-order valence-corrected chi connectivity index (χ0v) is 16.2. The van der Waals surface area contributed by atoms with E-state index in [-0.39, 0.29) is 47.9 Å². The number of Topliss-reactive ketones (excluding diaryl/α,β-unsaturated/α-hetero) is 1. The largest absolute Gasteiger partial charge is 0.469 e. The van der Waals surface area contributed by atoms with Gasteiger partial charge in [-0.1, -0.05) is 11.8 Å². The number of methoxy groups -OCH3 is 1. The average Bonchev–Trinajstić information content (AvgIpc) is 3.11. The lowest BCUT2D eigenvalue weighted by Crippen LogP contribution is -2.29. The van der Waals surface area contributed by atoms with Gasteiger partial charge in [-0.15, -0.1) is 0 Å². The number of nitrogens with zero attached hydrogens (tertiary/aromatic N) is 4. The van der Waals surface area contributed by atoms with Crippen molar-refractivity contribution in [3.05, 3.63) is 12.0 Å². The number of imidazole rings is 1. The normalized spacial score (nSPS) is 18.1. The lowest BCUT2D eigenvalue weighted by Gasteiger charge is -2.09. The van der Waals surface area contributed by atoms with Crippen LogP contribution in [0.2, 0.25) is 0 Å². The molecule has 1 atom stereocenters. The summed E-state index contributed by atoms with van der Waals surface area (Å²) >= 11 is 1.08. The van der Waals surface area contributed by atoms with E-state index in [4.69, 9.17) is 4.74 Å². The second-order valence-electron chi connectivity index (χ2n) is 5.65. The number of amidine groups is 1. The van der Waals surface area contributed by atoms with Gasteiger partial charge in [-0.25, -0.2) is 14.8 Å². The Morgan fingerprint density at radius 2 is 2.07 bits per heavy atom. The number of ether oxygens (including phenoxy) is 2. The maximum absolute atomic E-state index is 12.3. The first-order valence-electron chi connectivity index (χ1n) is 8.09. The first kappa shape index (κ1) is 20.6. The number of carbonyl (C=O) groups excluding carboxylic acids is 4. The summed E-state index contributed by atoms with van der Waals surface area (Å²) in [5.74, 6) is -1.61. The highest BCUT2D eigenvalue weighted by molar-refractivity contribution is 8.15. The van der Waals surface area contributed by atoms with Gasteiger partial charge in [0.05, 0.1) is 33.0 Å². The molecule has 2 heterocycles. The molecular formula is C16H20N4O6S. The smallest absolute Gasteiger partial charge is 0.358 e. The number of hydrogen-bond donors (Lipinski definition) is 0. The Morgan fingerprint density at radius 1 is 1.37 bits per heavy atom. The van der Waals surface area contributed by atoms with Crippen LogP contribution < -0.4 is 0 Å². The molecular weight excluding hydrogens is 376 g/mol. The molecule has 1 saturated heterocycles. The number of esters is 2. The van der Waals surface area contributed by atoms with E-state index in [2.05, 4.69) is 14.7 Å². The molecule has 1 fully saturated rings. The molecule has 10 nitrogen and oxygen atoms in total. The first-order valence-corrected chi connectivity index (χ1v) is 8.97. The number of thioether (sulfide) groups is 1. The highest BCUT2D eigenvalue weighted by Crippen LogP contribution is 2.31. The Morgan fingerprint density at radius 3 is 2.67 bits per heavy atom. The quantitative estimate of drug-likeness (QED) is 0.620. The van der Waals surface area contributed by atoms with Gasteiger partial charge in [0, 0.05) is 7.05 Å². The van der Waals surface area contributed by atoms with Crippen molar-refractivity contribution < 1.29 is 28.7 Å². The molecule has 0 N–H and O–H groups in total. The Labute approximate surface area is 159 Å². The van der Waals surface area contributed by atoms with Crippen LogP contribution in [0.5, 0.6) is 0 Å². The molecule has 0 aliphatic carbocycles. The Balaban J connectivity index is 2.36. The van der Waals surface area contributed by atoms with E-state index in [1.807, 2.05) is 0 Å². The summed E-state index contributed by atoms with van der Waals surface area (Å²) in [4.78, 5) is 57.1. The summed E-state index contributed by atoms with van der Waals surface area (Å²) in [7, 11) is 2.76. The number of hydrogen-bond acceptors (Lipinski definition) is 9. The molecule has 2 rings (SSSR count). The van der Waals surface area contributed by atoms with Gasteiger partial charge in [0.15, 0.2) is 16.7 Å². The van der Waals surface area contributed by atoms with Crippen LogP contribution in [0, 0.1) is 0 Å². The summed E-state index contributed by atoms with van der Waals surface area (Å²) in [5, 5.41) is -0.376. The van der Waals surface area contributed by atoms with E-state index >= 15 is 0 Å². The molecule has 11 heteroatoms. The monoisotopic (exact) mass is 396 g/mol. The van der Waals surface area contributed by atoms with Gasteiger partial charge in [-0.05, 0) is 13.8 Å². The van der Waals surface area contributed by atoms with Gasteiger partial charge in [-0.2, -0.15) is 0 Å². The van der Waals surface area contributed by atoms with Gasteiger partial charge in [0.2, 0.25) is 5.91 Å². The summed E-state index contributed by atoms with van der Waals surface area (Å²) in [6.07, 6.45) is 1.23. The lowest BCUT2D eigenvalue weighted by atomic mass is 10.3. The van der Waals surface area contributed by atoms with Gasteiger partial charge >= 0.3 is 11.9 Å². The van der Waals surface area contributed by atoms with Crippen LogP contribution in [0.1, 0.15) is 30.8 Å². The van der Waals surface area contributed by atoms with E-state index < -0.39 is 17.2 Å². The number of amides is 1. The molecule has 1 unspecified atom stereocenters. The Kier molecular flexibility index (Phi) is 6.72. The minimum Gasteiger partial charge on any atom is -0.469 e. The molecule has 0 radical (unpaired) electrons. The molecule has 1 aliphatic rings. The fraction of sp³-hybridized carbons (Fsp3) is 0.500. The SMILES string of the molecule is CCOC(=O)c1c(/N=C2\SC(CC(=O)OC)C(=O)N2C)ncn1CC(C)=O. The minimum atomic E-state index is -0.668. The second-order valence-corrected chi connectivity index (χ2v) is 6.82. The van der Waals surface area contributed by atoms with Gasteiger partial charge < -0.3 is 14.0 Å². The zero-order chi connectivity index (χ0) is 20.1. The van der Waals surface area contributed by atoms with E-state index in [1.54, 1.807) is 6.92 Å². The van der Waals surface area contributed by atoms with Crippen molar-refractivity contribution in [2.75, 3.05) is 20.8 Å². The molecule has 1 aromatic rings. The topological polar surface area (TPSA) is 120 Å². The van der Waals surface area contributed by atoms with E-state index in [9.17, 15) is 19.2 Å². The van der Waals surface area contributed by atoms with Crippen LogP contribution in [0.15, 0.2) is 11.3 Å². The van der Waals surface area contributed by atoms with Crippen LogP contribution >= 0.6 is 11.8 Å². The predicted octanol–water partition coefficient (Wildman–Crippen LogP) is 0.773. The lowest BCUT2D eigenvalue weighted by molar-refractivity contribution is -0.142. The molecule has 1 aromatic heterocycles. The summed E-state index contributed by atoms with van der Waals surface area (Å²) < 4.78 is 11.0. The Hall–Kier alpha value is -2.69. The molecule has 0 aromatic carbocycles. The molecule has 0 spiro atoms. The number of aliphatic imine (C=N–C) groups is 1. The Bertz CT molecular complexity index is 803. The van der Waals surface area contributed by atoms with Crippen LogP contribution in [-0.4, -0.2) is 69.3 Å². The van der Waals surface area contributed by atoms with Crippen LogP contribution in [-0.2, 0) is 30.4 Å². The van der Waals surface area contributed by atoms with E-state index in [0.29, 0.717) is 0 Å². The molecule has 0 bridgehead atoms. The van der Waals surface area contributed by atoms with Crippen LogP contribution in [0.25, 0.3) is 0 Å². The average molecular weight is 396 g/mol. The van der Waals surface area contributed by atoms with Crippen molar-refractivity contribution in [1.29, 1.82) is 0 Å². The number of ketones is 1. The fourth-order valence-electron chi connectivity index (χ4n) is 2.34. The maximum Gasteiger partial charge on any atom is 0.358 e. The fourth-order valence-corrected chi connectivity index (χ4v) is 3.46. The number of aromatic nitrogens is 2. The van der Waals surface area contributed by atoms with Crippen molar-refractivity contribution in [2.24, 2.45) is 4.99 Å². The number of rotatable bonds is 7.